The predicted octanol–water partition coefficient (Wildman–Crippen LogP) is 2.78. The molecule has 1 aromatic carbocycles. The average molecular weight is 350 g/mol. The van der Waals surface area contributed by atoms with Crippen molar-refractivity contribution in [2.75, 3.05) is 26.4 Å². The highest BCUT2D eigenvalue weighted by molar-refractivity contribution is 5.36. The molecule has 0 fully saturated rings. The van der Waals surface area contributed by atoms with Crippen LogP contribution in [0.15, 0.2) is 18.2 Å². The van der Waals surface area contributed by atoms with Crippen LogP contribution in [0.4, 0.5) is 0 Å². The van der Waals surface area contributed by atoms with E-state index in [9.17, 15) is 5.11 Å². The third kappa shape index (κ3) is 6.70. The van der Waals surface area contributed by atoms with Crippen LogP contribution in [0.5, 0.6) is 0 Å². The summed E-state index contributed by atoms with van der Waals surface area (Å²) in [4.78, 5) is 0. The first-order chi connectivity index (χ1) is 12.1. The maximum absolute atomic E-state index is 9.28. The van der Waals surface area contributed by atoms with Gasteiger partial charge in [-0.15, -0.1) is 0 Å². The van der Waals surface area contributed by atoms with E-state index >= 15 is 0 Å². The zero-order valence-electron chi connectivity index (χ0n) is 15.6. The molecule has 142 valence electrons. The summed E-state index contributed by atoms with van der Waals surface area (Å²) in [6, 6.07) is 6.88. The van der Waals surface area contributed by atoms with Crippen molar-refractivity contribution in [3.63, 3.8) is 0 Å². The largest absolute Gasteiger partial charge is 0.396 e. The summed E-state index contributed by atoms with van der Waals surface area (Å²) in [5, 5.41) is 18.2. The summed E-state index contributed by atoms with van der Waals surface area (Å²) in [6.45, 7) is 4.18. The van der Waals surface area contributed by atoms with E-state index in [-0.39, 0.29) is 12.7 Å². The molecular formula is C21H35NO3. The SMILES string of the molecule is C[C@H](O)CCOC[C@@H]1CCc2cc([C@H](CN)CCCCO)ccc2C1. The van der Waals surface area contributed by atoms with E-state index in [1.54, 1.807) is 6.92 Å². The summed E-state index contributed by atoms with van der Waals surface area (Å²) in [5.74, 6) is 0.987. The molecule has 0 aliphatic heterocycles. The van der Waals surface area contributed by atoms with E-state index in [1.165, 1.54) is 23.1 Å². The number of hydrogen-bond acceptors (Lipinski definition) is 4. The lowest BCUT2D eigenvalue weighted by Crippen LogP contribution is -2.21. The third-order valence-electron chi connectivity index (χ3n) is 5.31. The van der Waals surface area contributed by atoms with E-state index in [0.29, 0.717) is 31.4 Å². The Morgan fingerprint density at radius 3 is 2.80 bits per heavy atom. The normalized spacial score (nSPS) is 19.4. The van der Waals surface area contributed by atoms with Crippen LogP contribution in [-0.4, -0.2) is 42.7 Å². The average Bonchev–Trinajstić information content (AvgIpc) is 2.62. The fourth-order valence-electron chi connectivity index (χ4n) is 3.67. The Hall–Kier alpha value is -0.940. The van der Waals surface area contributed by atoms with Gasteiger partial charge in [0.05, 0.1) is 6.10 Å². The predicted molar refractivity (Wildman–Crippen MR) is 102 cm³/mol. The van der Waals surface area contributed by atoms with Gasteiger partial charge in [0, 0.05) is 19.8 Å². The van der Waals surface area contributed by atoms with Gasteiger partial charge in [0.2, 0.25) is 0 Å². The second-order valence-electron chi connectivity index (χ2n) is 7.50. The van der Waals surface area contributed by atoms with Gasteiger partial charge in [0.1, 0.15) is 0 Å². The molecule has 0 unspecified atom stereocenters. The fourth-order valence-corrected chi connectivity index (χ4v) is 3.67. The van der Waals surface area contributed by atoms with Gasteiger partial charge in [0.15, 0.2) is 0 Å². The van der Waals surface area contributed by atoms with Crippen molar-refractivity contribution in [2.45, 2.75) is 63.9 Å². The van der Waals surface area contributed by atoms with E-state index < -0.39 is 0 Å². The molecule has 25 heavy (non-hydrogen) atoms. The molecule has 3 atom stereocenters. The smallest absolute Gasteiger partial charge is 0.0534 e. The molecular weight excluding hydrogens is 314 g/mol. The number of ether oxygens (including phenoxy) is 1. The van der Waals surface area contributed by atoms with Crippen molar-refractivity contribution in [3.8, 4) is 0 Å². The Kier molecular flexibility index (Phi) is 8.90. The number of aliphatic hydroxyl groups excluding tert-OH is 2. The molecule has 4 nitrogen and oxygen atoms in total. The Bertz CT molecular complexity index is 504. The van der Waals surface area contributed by atoms with Crippen LogP contribution >= 0.6 is 0 Å². The molecule has 0 saturated heterocycles. The van der Waals surface area contributed by atoms with Crippen LogP contribution in [0.2, 0.25) is 0 Å². The molecule has 4 heteroatoms. The van der Waals surface area contributed by atoms with E-state index in [2.05, 4.69) is 18.2 Å². The zero-order chi connectivity index (χ0) is 18.1. The number of benzene rings is 1. The van der Waals surface area contributed by atoms with Crippen LogP contribution in [0.1, 0.15) is 61.6 Å². The van der Waals surface area contributed by atoms with Gasteiger partial charge < -0.3 is 20.7 Å². The van der Waals surface area contributed by atoms with Crippen molar-refractivity contribution >= 4 is 0 Å². The molecule has 0 heterocycles. The quantitative estimate of drug-likeness (QED) is 0.537. The summed E-state index contributed by atoms with van der Waals surface area (Å²) in [6.07, 6.45) is 6.74. The van der Waals surface area contributed by atoms with Crippen molar-refractivity contribution in [1.82, 2.24) is 0 Å². The first-order valence-corrected chi connectivity index (χ1v) is 9.82. The first kappa shape index (κ1) is 20.4. The maximum atomic E-state index is 9.28. The number of unbranched alkanes of at least 4 members (excludes halogenated alkanes) is 1. The first-order valence-electron chi connectivity index (χ1n) is 9.82. The highest BCUT2D eigenvalue weighted by atomic mass is 16.5. The van der Waals surface area contributed by atoms with Crippen LogP contribution in [0.25, 0.3) is 0 Å². The maximum Gasteiger partial charge on any atom is 0.0534 e. The van der Waals surface area contributed by atoms with Crippen molar-refractivity contribution in [1.29, 1.82) is 0 Å². The molecule has 1 aromatic rings. The minimum Gasteiger partial charge on any atom is -0.396 e. The summed E-state index contributed by atoms with van der Waals surface area (Å²) in [5.41, 5.74) is 10.3. The highest BCUT2D eigenvalue weighted by Crippen LogP contribution is 2.30. The van der Waals surface area contributed by atoms with Gasteiger partial charge >= 0.3 is 0 Å². The Morgan fingerprint density at radius 2 is 2.08 bits per heavy atom. The monoisotopic (exact) mass is 349 g/mol. The Labute approximate surface area is 152 Å². The number of aryl methyl sites for hydroxylation is 1. The van der Waals surface area contributed by atoms with Gasteiger partial charge in [-0.3, -0.25) is 0 Å². The Morgan fingerprint density at radius 1 is 1.24 bits per heavy atom. The highest BCUT2D eigenvalue weighted by Gasteiger charge is 2.20. The molecule has 0 amide bonds. The second kappa shape index (κ2) is 10.9. The molecule has 0 spiro atoms. The van der Waals surface area contributed by atoms with Crippen molar-refractivity contribution in [2.24, 2.45) is 11.7 Å². The number of nitrogens with two attached hydrogens (primary N) is 1. The molecule has 1 aliphatic carbocycles. The van der Waals surface area contributed by atoms with Crippen LogP contribution < -0.4 is 5.73 Å². The van der Waals surface area contributed by atoms with Gasteiger partial charge in [-0.1, -0.05) is 24.6 Å². The van der Waals surface area contributed by atoms with Crippen molar-refractivity contribution < 1.29 is 14.9 Å². The lowest BCUT2D eigenvalue weighted by molar-refractivity contribution is 0.0648. The summed E-state index contributed by atoms with van der Waals surface area (Å²) < 4.78 is 5.74. The number of aliphatic hydroxyl groups is 2. The third-order valence-corrected chi connectivity index (χ3v) is 5.31. The van der Waals surface area contributed by atoms with E-state index in [0.717, 1.165) is 38.7 Å². The fraction of sp³-hybridized carbons (Fsp3) is 0.714. The number of hydrogen-bond donors (Lipinski definition) is 3. The van der Waals surface area contributed by atoms with E-state index in [4.69, 9.17) is 15.6 Å². The minimum atomic E-state index is -0.279. The van der Waals surface area contributed by atoms with Crippen LogP contribution in [0, 0.1) is 5.92 Å². The van der Waals surface area contributed by atoms with Gasteiger partial charge in [0.25, 0.3) is 0 Å². The lowest BCUT2D eigenvalue weighted by atomic mass is 9.81. The molecule has 0 saturated carbocycles. The van der Waals surface area contributed by atoms with Gasteiger partial charge in [-0.2, -0.15) is 0 Å². The zero-order valence-corrected chi connectivity index (χ0v) is 15.6. The molecule has 0 bridgehead atoms. The number of fused-ring (bicyclic) bond motifs is 1. The summed E-state index contributed by atoms with van der Waals surface area (Å²) >= 11 is 0. The molecule has 0 radical (unpaired) electrons. The van der Waals surface area contributed by atoms with Crippen molar-refractivity contribution in [3.05, 3.63) is 34.9 Å². The molecule has 0 aromatic heterocycles. The minimum absolute atomic E-state index is 0.266. The topological polar surface area (TPSA) is 75.7 Å². The standard InChI is InChI=1S/C21H35NO3/c1-16(24)9-11-25-15-17-5-6-19-13-20(8-7-18(19)12-17)21(14-22)4-2-3-10-23/h7-8,13,16-17,21,23-24H,2-6,9-12,14-15,22H2,1H3/t16-,17+,21-/m0/s1. The van der Waals surface area contributed by atoms with E-state index in [1.807, 2.05) is 0 Å². The number of rotatable bonds is 11. The lowest BCUT2D eigenvalue weighted by Gasteiger charge is -2.26. The second-order valence-corrected chi connectivity index (χ2v) is 7.50. The molecule has 2 rings (SSSR count). The molecule has 1 aliphatic rings. The molecule has 4 N–H and O–H groups in total. The Balaban J connectivity index is 1.87. The van der Waals surface area contributed by atoms with Crippen LogP contribution in [0.3, 0.4) is 0 Å². The summed E-state index contributed by atoms with van der Waals surface area (Å²) in [7, 11) is 0. The van der Waals surface area contributed by atoms with Gasteiger partial charge in [-0.05, 0) is 80.5 Å². The van der Waals surface area contributed by atoms with Gasteiger partial charge in [-0.25, -0.2) is 0 Å². The van der Waals surface area contributed by atoms with Crippen LogP contribution in [-0.2, 0) is 17.6 Å².